The molecule has 1 aliphatic heterocycles. The summed E-state index contributed by atoms with van der Waals surface area (Å²) < 4.78 is 0.898. The molecule has 0 radical (unpaired) electrons. The minimum absolute atomic E-state index is 0.531. The molecule has 1 fully saturated rings. The van der Waals surface area contributed by atoms with Gasteiger partial charge in [0.2, 0.25) is 0 Å². The highest BCUT2D eigenvalue weighted by molar-refractivity contribution is 9.10. The van der Waals surface area contributed by atoms with Gasteiger partial charge in [-0.1, -0.05) is 18.0 Å². The van der Waals surface area contributed by atoms with Gasteiger partial charge in [-0.3, -0.25) is 0 Å². The zero-order valence-electron chi connectivity index (χ0n) is 10.1. The molecule has 1 aliphatic rings. The third-order valence-corrected chi connectivity index (χ3v) is 4.05. The number of piperidine rings is 1. The summed E-state index contributed by atoms with van der Waals surface area (Å²) in [6, 6.07) is 2.92. The van der Waals surface area contributed by atoms with Gasteiger partial charge in [0.1, 0.15) is 0 Å². The van der Waals surface area contributed by atoms with Crippen molar-refractivity contribution in [3.8, 4) is 0 Å². The molecule has 2 heterocycles. The van der Waals surface area contributed by atoms with Crippen LogP contribution in [-0.2, 0) is 0 Å². The van der Waals surface area contributed by atoms with Crippen LogP contribution in [-0.4, -0.2) is 22.1 Å². The third-order valence-electron chi connectivity index (χ3n) is 3.24. The van der Waals surface area contributed by atoms with E-state index >= 15 is 0 Å². The second-order valence-corrected chi connectivity index (χ2v) is 5.92. The maximum absolute atomic E-state index is 5.88. The molecule has 1 saturated heterocycles. The van der Waals surface area contributed by atoms with Gasteiger partial charge >= 0.3 is 0 Å². The van der Waals surface area contributed by atoms with Crippen molar-refractivity contribution in [3.05, 3.63) is 21.8 Å². The first-order chi connectivity index (χ1) is 8.08. The van der Waals surface area contributed by atoms with Gasteiger partial charge < -0.3 is 5.43 Å². The Bertz CT molecular complexity index is 389. The molecule has 0 spiro atoms. The van der Waals surface area contributed by atoms with Crippen LogP contribution in [0, 0.1) is 0 Å². The third kappa shape index (κ3) is 3.12. The lowest BCUT2D eigenvalue weighted by Gasteiger charge is -2.39. The smallest absolute Gasteiger partial charge is 0.154 e. The van der Waals surface area contributed by atoms with Gasteiger partial charge in [-0.15, -0.1) is 0 Å². The molecule has 94 valence electrons. The zero-order valence-corrected chi connectivity index (χ0v) is 12.4. The van der Waals surface area contributed by atoms with E-state index in [4.69, 9.17) is 11.6 Å². The summed E-state index contributed by atoms with van der Waals surface area (Å²) in [5.74, 6) is 0.829. The summed E-state index contributed by atoms with van der Waals surface area (Å²) >= 11 is 9.36. The molecule has 0 saturated carbocycles. The maximum Gasteiger partial charge on any atom is 0.154 e. The summed E-state index contributed by atoms with van der Waals surface area (Å²) in [4.78, 5) is 4.31. The van der Waals surface area contributed by atoms with Gasteiger partial charge in [0.25, 0.3) is 0 Å². The first-order valence-electron chi connectivity index (χ1n) is 5.94. The van der Waals surface area contributed by atoms with Crippen LogP contribution in [0.25, 0.3) is 0 Å². The lowest BCUT2D eigenvalue weighted by atomic mass is 10.00. The van der Waals surface area contributed by atoms with E-state index in [2.05, 4.69) is 45.2 Å². The molecule has 0 bridgehead atoms. The lowest BCUT2D eigenvalue weighted by Crippen LogP contribution is -2.47. The monoisotopic (exact) mass is 317 g/mol. The summed E-state index contributed by atoms with van der Waals surface area (Å²) in [6.07, 6.45) is 5.41. The van der Waals surface area contributed by atoms with E-state index < -0.39 is 0 Å². The van der Waals surface area contributed by atoms with Crippen LogP contribution in [0.4, 0.5) is 5.82 Å². The largest absolute Gasteiger partial charge is 0.302 e. The van der Waals surface area contributed by atoms with Gasteiger partial charge in [0.15, 0.2) is 5.82 Å². The van der Waals surface area contributed by atoms with Gasteiger partial charge in [-0.2, -0.15) is 0 Å². The van der Waals surface area contributed by atoms with Crippen molar-refractivity contribution in [1.82, 2.24) is 9.99 Å². The first-order valence-corrected chi connectivity index (χ1v) is 7.11. The quantitative estimate of drug-likeness (QED) is 0.890. The van der Waals surface area contributed by atoms with E-state index in [1.54, 1.807) is 6.20 Å². The number of anilines is 1. The highest BCUT2D eigenvalue weighted by atomic mass is 79.9. The van der Waals surface area contributed by atoms with Crippen LogP contribution >= 0.6 is 27.5 Å². The number of halogens is 2. The number of aromatic nitrogens is 1. The zero-order chi connectivity index (χ0) is 12.4. The standard InChI is InChI=1S/C12H17BrClN3/c1-8-4-3-5-9(2)17(8)16-12-11(13)6-10(14)7-15-12/h6-9H,3-5H2,1-2H3,(H,15,16). The molecular formula is C12H17BrClN3. The second kappa shape index (κ2) is 5.55. The molecule has 0 aliphatic carbocycles. The number of hydrogen-bond acceptors (Lipinski definition) is 3. The van der Waals surface area contributed by atoms with Crippen molar-refractivity contribution >= 4 is 33.3 Å². The molecule has 3 nitrogen and oxygen atoms in total. The summed E-state index contributed by atoms with van der Waals surface area (Å²) in [5.41, 5.74) is 3.39. The minimum atomic E-state index is 0.531. The van der Waals surface area contributed by atoms with E-state index in [9.17, 15) is 0 Å². The number of hydrazine groups is 1. The van der Waals surface area contributed by atoms with Crippen molar-refractivity contribution < 1.29 is 0 Å². The molecular weight excluding hydrogens is 302 g/mol. The molecule has 2 unspecified atom stereocenters. The van der Waals surface area contributed by atoms with Gasteiger partial charge in [-0.25, -0.2) is 9.99 Å². The van der Waals surface area contributed by atoms with E-state index in [1.807, 2.05) is 6.07 Å². The number of rotatable bonds is 2. The van der Waals surface area contributed by atoms with Gasteiger partial charge in [0, 0.05) is 18.3 Å². The molecule has 1 N–H and O–H groups in total. The fraction of sp³-hybridized carbons (Fsp3) is 0.583. The van der Waals surface area contributed by atoms with Crippen LogP contribution in [0.15, 0.2) is 16.7 Å². The predicted octanol–water partition coefficient (Wildman–Crippen LogP) is 4.09. The van der Waals surface area contributed by atoms with Crippen LogP contribution in [0.2, 0.25) is 5.02 Å². The summed E-state index contributed by atoms with van der Waals surface area (Å²) in [5, 5.41) is 2.92. The fourth-order valence-corrected chi connectivity index (χ4v) is 2.99. The Labute approximate surface area is 116 Å². The highest BCUT2D eigenvalue weighted by Crippen LogP contribution is 2.27. The Balaban J connectivity index is 2.13. The molecule has 1 aromatic rings. The Hall–Kier alpha value is -0.320. The van der Waals surface area contributed by atoms with Crippen LogP contribution < -0.4 is 5.43 Å². The molecule has 17 heavy (non-hydrogen) atoms. The van der Waals surface area contributed by atoms with Crippen LogP contribution in [0.1, 0.15) is 33.1 Å². The Morgan fingerprint density at radius 3 is 2.65 bits per heavy atom. The highest BCUT2D eigenvalue weighted by Gasteiger charge is 2.25. The van der Waals surface area contributed by atoms with Crippen molar-refractivity contribution in [3.63, 3.8) is 0 Å². The normalized spacial score (nSPS) is 25.9. The fourth-order valence-electron chi connectivity index (χ4n) is 2.26. The van der Waals surface area contributed by atoms with E-state index in [0.717, 1.165) is 10.3 Å². The number of nitrogens with one attached hydrogen (secondary N) is 1. The molecule has 0 aromatic carbocycles. The minimum Gasteiger partial charge on any atom is -0.302 e. The second-order valence-electron chi connectivity index (χ2n) is 4.63. The molecule has 0 amide bonds. The predicted molar refractivity (Wildman–Crippen MR) is 75.2 cm³/mol. The van der Waals surface area contributed by atoms with Crippen LogP contribution in [0.3, 0.4) is 0 Å². The summed E-state index contributed by atoms with van der Waals surface area (Å²) in [7, 11) is 0. The average molecular weight is 319 g/mol. The SMILES string of the molecule is CC1CCCC(C)N1Nc1ncc(Cl)cc1Br. The Morgan fingerprint density at radius 1 is 1.41 bits per heavy atom. The summed E-state index contributed by atoms with van der Waals surface area (Å²) in [6.45, 7) is 4.49. The van der Waals surface area contributed by atoms with Gasteiger partial charge in [-0.05, 0) is 48.7 Å². The molecule has 2 atom stereocenters. The van der Waals surface area contributed by atoms with Crippen molar-refractivity contribution in [2.24, 2.45) is 0 Å². The van der Waals surface area contributed by atoms with Crippen molar-refractivity contribution in [2.45, 2.75) is 45.2 Å². The molecule has 1 aromatic heterocycles. The van der Waals surface area contributed by atoms with E-state index in [1.165, 1.54) is 19.3 Å². The average Bonchev–Trinajstić information content (AvgIpc) is 2.26. The van der Waals surface area contributed by atoms with Crippen molar-refractivity contribution in [1.29, 1.82) is 0 Å². The number of pyridine rings is 1. The van der Waals surface area contributed by atoms with Crippen molar-refractivity contribution in [2.75, 3.05) is 5.43 Å². The maximum atomic E-state index is 5.88. The van der Waals surface area contributed by atoms with Crippen LogP contribution in [0.5, 0.6) is 0 Å². The Morgan fingerprint density at radius 2 is 2.06 bits per heavy atom. The van der Waals surface area contributed by atoms with Gasteiger partial charge in [0.05, 0.1) is 9.50 Å². The molecule has 2 rings (SSSR count). The Kier molecular flexibility index (Phi) is 4.28. The topological polar surface area (TPSA) is 28.2 Å². The molecule has 5 heteroatoms. The van der Waals surface area contributed by atoms with E-state index in [-0.39, 0.29) is 0 Å². The lowest BCUT2D eigenvalue weighted by molar-refractivity contribution is 0.135. The first kappa shape index (κ1) is 13.1. The number of nitrogens with zero attached hydrogens (tertiary/aromatic N) is 2. The number of hydrogen-bond donors (Lipinski definition) is 1. The van der Waals surface area contributed by atoms with E-state index in [0.29, 0.717) is 17.1 Å².